The summed E-state index contributed by atoms with van der Waals surface area (Å²) >= 11 is 2.84. The van der Waals surface area contributed by atoms with Crippen LogP contribution in [-0.2, 0) is 0 Å². The van der Waals surface area contributed by atoms with E-state index in [0.717, 1.165) is 17.0 Å². The van der Waals surface area contributed by atoms with Crippen molar-refractivity contribution < 1.29 is 4.39 Å². The van der Waals surface area contributed by atoms with Crippen molar-refractivity contribution in [2.45, 2.75) is 6.92 Å². The van der Waals surface area contributed by atoms with Gasteiger partial charge in [-0.15, -0.1) is 22.7 Å². The van der Waals surface area contributed by atoms with E-state index in [-0.39, 0.29) is 5.82 Å². The van der Waals surface area contributed by atoms with Crippen molar-refractivity contribution >= 4 is 33.4 Å². The Balaban J connectivity index is 1.77. The van der Waals surface area contributed by atoms with Gasteiger partial charge in [-0.3, -0.25) is 0 Å². The molecule has 0 bridgehead atoms. The molecule has 0 atom stereocenters. The fraction of sp³-hybridized carbons (Fsp3) is 0.0625. The summed E-state index contributed by atoms with van der Waals surface area (Å²) in [6, 6.07) is 8.30. The summed E-state index contributed by atoms with van der Waals surface area (Å²) in [5, 5.41) is 17.4. The predicted octanol–water partition coefficient (Wildman–Crippen LogP) is 4.69. The third-order valence-electron chi connectivity index (χ3n) is 2.95. The fourth-order valence-corrected chi connectivity index (χ4v) is 3.30. The zero-order chi connectivity index (χ0) is 16.2. The Morgan fingerprint density at radius 2 is 2.00 bits per heavy atom. The molecule has 1 aromatic carbocycles. The van der Waals surface area contributed by atoms with E-state index < -0.39 is 0 Å². The summed E-state index contributed by atoms with van der Waals surface area (Å²) in [6.45, 7) is 1.89. The molecule has 0 amide bonds. The summed E-state index contributed by atoms with van der Waals surface area (Å²) in [5.41, 5.74) is 2.95. The van der Waals surface area contributed by atoms with Crippen LogP contribution in [0, 0.1) is 24.1 Å². The van der Waals surface area contributed by atoms with E-state index in [1.54, 1.807) is 18.3 Å². The molecule has 0 radical (unpaired) electrons. The number of aromatic nitrogens is 2. The van der Waals surface area contributed by atoms with Crippen molar-refractivity contribution in [3.05, 3.63) is 57.7 Å². The van der Waals surface area contributed by atoms with Gasteiger partial charge in [0.2, 0.25) is 0 Å². The predicted molar refractivity (Wildman–Crippen MR) is 91.6 cm³/mol. The molecule has 2 aromatic heterocycles. The molecule has 0 saturated carbocycles. The monoisotopic (exact) mass is 342 g/mol. The quantitative estimate of drug-likeness (QED) is 0.699. The zero-order valence-electron chi connectivity index (χ0n) is 12.1. The maximum Gasteiger partial charge on any atom is 0.187 e. The largest absolute Gasteiger partial charge is 0.337 e. The smallest absolute Gasteiger partial charge is 0.187 e. The number of nitriles is 1. The summed E-state index contributed by atoms with van der Waals surface area (Å²) in [5.74, 6) is -0.275. The number of nitrogens with one attached hydrogen (secondary N) is 1. The van der Waals surface area contributed by atoms with E-state index in [4.69, 9.17) is 0 Å². The van der Waals surface area contributed by atoms with Crippen molar-refractivity contribution in [2.24, 2.45) is 0 Å². The lowest BCUT2D eigenvalue weighted by atomic mass is 10.2. The van der Waals surface area contributed by atoms with E-state index in [0.29, 0.717) is 15.7 Å². The molecular formula is C16H11FN4S2. The van der Waals surface area contributed by atoms with Crippen LogP contribution < -0.4 is 5.32 Å². The van der Waals surface area contributed by atoms with Crippen molar-refractivity contribution in [2.75, 3.05) is 5.32 Å². The second-order valence-corrected chi connectivity index (χ2v) is 6.37. The second kappa shape index (κ2) is 6.69. The number of halogens is 1. The summed E-state index contributed by atoms with van der Waals surface area (Å²) < 4.78 is 12.9. The summed E-state index contributed by atoms with van der Waals surface area (Å²) in [6.07, 6.45) is 1.60. The topological polar surface area (TPSA) is 61.6 Å². The van der Waals surface area contributed by atoms with Crippen LogP contribution in [0.5, 0.6) is 0 Å². The highest BCUT2D eigenvalue weighted by atomic mass is 32.1. The first-order chi connectivity index (χ1) is 11.2. The average Bonchev–Trinajstić information content (AvgIpc) is 3.18. The molecule has 2 heterocycles. The number of nitrogens with zero attached hydrogens (tertiary/aromatic N) is 3. The normalized spacial score (nSPS) is 11.3. The minimum atomic E-state index is -0.275. The zero-order valence-corrected chi connectivity index (χ0v) is 13.7. The Morgan fingerprint density at radius 1 is 1.22 bits per heavy atom. The van der Waals surface area contributed by atoms with Gasteiger partial charge in [0.1, 0.15) is 22.5 Å². The Bertz CT molecular complexity index is 887. The summed E-state index contributed by atoms with van der Waals surface area (Å²) in [4.78, 5) is 8.72. The highest BCUT2D eigenvalue weighted by molar-refractivity contribution is 7.14. The molecule has 4 nitrogen and oxygen atoms in total. The Hall–Kier alpha value is -2.56. The molecule has 114 valence electrons. The van der Waals surface area contributed by atoms with E-state index in [2.05, 4.69) is 21.4 Å². The third kappa shape index (κ3) is 3.62. The molecule has 0 aliphatic heterocycles. The molecule has 3 aromatic rings. The van der Waals surface area contributed by atoms with Gasteiger partial charge in [0, 0.05) is 28.2 Å². The number of hydrogen-bond acceptors (Lipinski definition) is 6. The van der Waals surface area contributed by atoms with Gasteiger partial charge in [-0.05, 0) is 31.2 Å². The Kier molecular flexibility index (Phi) is 4.46. The Labute approximate surface area is 140 Å². The number of rotatable bonds is 4. The van der Waals surface area contributed by atoms with Crippen LogP contribution in [0.1, 0.15) is 10.7 Å². The van der Waals surface area contributed by atoms with E-state index in [1.807, 2.05) is 17.7 Å². The molecule has 0 aliphatic carbocycles. The van der Waals surface area contributed by atoms with Crippen LogP contribution in [0.3, 0.4) is 0 Å². The van der Waals surface area contributed by atoms with Gasteiger partial charge in [-0.1, -0.05) is 0 Å². The number of allylic oxidation sites excluding steroid dienone is 1. The van der Waals surface area contributed by atoms with Crippen LogP contribution in [0.15, 0.2) is 41.2 Å². The van der Waals surface area contributed by atoms with Crippen molar-refractivity contribution in [1.82, 2.24) is 9.97 Å². The maximum atomic E-state index is 12.9. The summed E-state index contributed by atoms with van der Waals surface area (Å²) in [7, 11) is 0. The average molecular weight is 342 g/mol. The van der Waals surface area contributed by atoms with E-state index in [1.165, 1.54) is 34.8 Å². The molecule has 1 N–H and O–H groups in total. The maximum absolute atomic E-state index is 12.9. The lowest BCUT2D eigenvalue weighted by Crippen LogP contribution is -1.90. The highest BCUT2D eigenvalue weighted by Crippen LogP contribution is 2.26. The van der Waals surface area contributed by atoms with Gasteiger partial charge < -0.3 is 5.32 Å². The Morgan fingerprint density at radius 3 is 2.65 bits per heavy atom. The number of aryl methyl sites for hydroxylation is 1. The van der Waals surface area contributed by atoms with Gasteiger partial charge in [-0.25, -0.2) is 14.4 Å². The molecule has 3 rings (SSSR count). The number of benzene rings is 1. The number of thiazole rings is 2. The molecule has 0 fully saturated rings. The fourth-order valence-electron chi connectivity index (χ4n) is 1.85. The SMILES string of the molecule is Cc1csc(/C(C#N)=C/Nc2nc(-c3ccc(F)cc3)cs2)n1. The first-order valence-corrected chi connectivity index (χ1v) is 8.42. The molecule has 23 heavy (non-hydrogen) atoms. The van der Waals surface area contributed by atoms with Crippen molar-refractivity contribution in [3.63, 3.8) is 0 Å². The van der Waals surface area contributed by atoms with Crippen LogP contribution in [0.2, 0.25) is 0 Å². The third-order valence-corrected chi connectivity index (χ3v) is 4.72. The van der Waals surface area contributed by atoms with Gasteiger partial charge in [0.05, 0.1) is 5.69 Å². The molecule has 0 unspecified atom stereocenters. The minimum absolute atomic E-state index is 0.275. The second-order valence-electron chi connectivity index (χ2n) is 4.65. The van der Waals surface area contributed by atoms with Gasteiger partial charge in [0.15, 0.2) is 5.13 Å². The molecule has 0 aliphatic rings. The molecule has 0 saturated heterocycles. The van der Waals surface area contributed by atoms with E-state index in [9.17, 15) is 9.65 Å². The lowest BCUT2D eigenvalue weighted by Gasteiger charge is -1.97. The molecule has 7 heteroatoms. The number of hydrogen-bond donors (Lipinski definition) is 1. The van der Waals surface area contributed by atoms with Crippen LogP contribution in [0.25, 0.3) is 16.8 Å². The van der Waals surface area contributed by atoms with E-state index >= 15 is 0 Å². The number of anilines is 1. The minimum Gasteiger partial charge on any atom is -0.337 e. The van der Waals surface area contributed by atoms with Crippen LogP contribution in [-0.4, -0.2) is 9.97 Å². The lowest BCUT2D eigenvalue weighted by molar-refractivity contribution is 0.628. The van der Waals surface area contributed by atoms with Crippen molar-refractivity contribution in [1.29, 1.82) is 5.26 Å². The first kappa shape index (κ1) is 15.3. The molecule has 0 spiro atoms. The van der Waals surface area contributed by atoms with Gasteiger partial charge >= 0.3 is 0 Å². The van der Waals surface area contributed by atoms with Gasteiger partial charge in [0.25, 0.3) is 0 Å². The van der Waals surface area contributed by atoms with Crippen LogP contribution in [0.4, 0.5) is 9.52 Å². The van der Waals surface area contributed by atoms with Crippen molar-refractivity contribution in [3.8, 4) is 17.3 Å². The first-order valence-electron chi connectivity index (χ1n) is 6.66. The standard InChI is InChI=1S/C16H11FN4S2/c1-10-8-22-15(20-10)12(6-18)7-19-16-21-14(9-23-16)11-2-4-13(17)5-3-11/h2-5,7-9H,1H3,(H,19,21)/b12-7+. The van der Waals surface area contributed by atoms with Crippen LogP contribution >= 0.6 is 22.7 Å². The highest BCUT2D eigenvalue weighted by Gasteiger charge is 2.07. The van der Waals surface area contributed by atoms with Gasteiger partial charge in [-0.2, -0.15) is 5.26 Å². The molecular weight excluding hydrogens is 331 g/mol.